The van der Waals surface area contributed by atoms with Gasteiger partial charge in [0.2, 0.25) is 0 Å². The number of nitrogens with two attached hydrogens (primary N) is 1. The first-order chi connectivity index (χ1) is 7.31. The molecule has 0 aliphatic rings. The van der Waals surface area contributed by atoms with Gasteiger partial charge in [0, 0.05) is 22.8 Å². The smallest absolute Gasteiger partial charge is 0.180 e. The Bertz CT molecular complexity index is 436. The van der Waals surface area contributed by atoms with Gasteiger partial charge in [0.15, 0.2) is 5.13 Å². The molecule has 0 amide bonds. The van der Waals surface area contributed by atoms with Crippen LogP contribution in [0.25, 0.3) is 11.3 Å². The third-order valence-corrected chi connectivity index (χ3v) is 3.07. The Morgan fingerprint density at radius 3 is 3.00 bits per heavy atom. The summed E-state index contributed by atoms with van der Waals surface area (Å²) in [6, 6.07) is 3.93. The molecule has 0 atom stereocenters. The number of hydrogen-bond donors (Lipinski definition) is 1. The molecule has 0 unspecified atom stereocenters. The normalized spacial score (nSPS) is 10.5. The largest absolute Gasteiger partial charge is 0.375 e. The molecule has 2 aromatic heterocycles. The van der Waals surface area contributed by atoms with Crippen molar-refractivity contribution in [1.29, 1.82) is 0 Å². The van der Waals surface area contributed by atoms with Crippen LogP contribution in [0.5, 0.6) is 0 Å². The predicted octanol–water partition coefficient (Wildman–Crippen LogP) is 2.74. The van der Waals surface area contributed by atoms with Crippen LogP contribution in [0.15, 0.2) is 24.5 Å². The van der Waals surface area contributed by atoms with Crippen LogP contribution in [0.2, 0.25) is 0 Å². The van der Waals surface area contributed by atoms with Crippen molar-refractivity contribution in [2.24, 2.45) is 0 Å². The van der Waals surface area contributed by atoms with Crippen LogP contribution in [-0.2, 0) is 6.42 Å². The van der Waals surface area contributed by atoms with Crippen LogP contribution < -0.4 is 5.73 Å². The van der Waals surface area contributed by atoms with Gasteiger partial charge in [-0.3, -0.25) is 4.98 Å². The van der Waals surface area contributed by atoms with Crippen molar-refractivity contribution in [2.75, 3.05) is 5.73 Å². The summed E-state index contributed by atoms with van der Waals surface area (Å²) >= 11 is 1.57. The third kappa shape index (κ3) is 2.15. The van der Waals surface area contributed by atoms with Gasteiger partial charge in [-0.1, -0.05) is 13.3 Å². The van der Waals surface area contributed by atoms with E-state index >= 15 is 0 Å². The number of aromatic nitrogens is 2. The maximum atomic E-state index is 5.73. The number of nitrogen functional groups attached to an aromatic ring is 1. The third-order valence-electron chi connectivity index (χ3n) is 2.13. The fourth-order valence-corrected chi connectivity index (χ4v) is 2.45. The minimum Gasteiger partial charge on any atom is -0.375 e. The number of pyridine rings is 1. The van der Waals surface area contributed by atoms with E-state index < -0.39 is 0 Å². The van der Waals surface area contributed by atoms with Crippen molar-refractivity contribution in [3.05, 3.63) is 29.4 Å². The lowest BCUT2D eigenvalue weighted by atomic mass is 10.1. The van der Waals surface area contributed by atoms with E-state index in [0.717, 1.165) is 24.1 Å². The van der Waals surface area contributed by atoms with E-state index in [1.807, 2.05) is 18.3 Å². The molecule has 2 rings (SSSR count). The van der Waals surface area contributed by atoms with Crippen LogP contribution in [-0.4, -0.2) is 9.97 Å². The molecule has 4 heteroatoms. The number of thiazole rings is 1. The fraction of sp³-hybridized carbons (Fsp3) is 0.273. The minimum atomic E-state index is 0.636. The lowest BCUT2D eigenvalue weighted by Gasteiger charge is -1.99. The van der Waals surface area contributed by atoms with Crippen molar-refractivity contribution in [3.8, 4) is 11.3 Å². The minimum absolute atomic E-state index is 0.636. The van der Waals surface area contributed by atoms with Crippen LogP contribution in [0.4, 0.5) is 5.13 Å². The molecule has 0 aromatic carbocycles. The molecule has 0 saturated heterocycles. The van der Waals surface area contributed by atoms with Gasteiger partial charge in [0.05, 0.1) is 5.69 Å². The first-order valence-electron chi connectivity index (χ1n) is 4.97. The Morgan fingerprint density at radius 2 is 2.33 bits per heavy atom. The van der Waals surface area contributed by atoms with E-state index in [-0.39, 0.29) is 0 Å². The standard InChI is InChI=1S/C11H13N3S/c1-2-4-9-10(14-11(12)15-9)8-5-3-6-13-7-8/h3,5-7H,2,4H2,1H3,(H2,12,14). The van der Waals surface area contributed by atoms with Gasteiger partial charge in [-0.2, -0.15) is 0 Å². The Labute approximate surface area is 93.0 Å². The molecular formula is C11H13N3S. The van der Waals surface area contributed by atoms with E-state index in [1.165, 1.54) is 4.88 Å². The van der Waals surface area contributed by atoms with E-state index in [1.54, 1.807) is 17.5 Å². The highest BCUT2D eigenvalue weighted by molar-refractivity contribution is 7.15. The second kappa shape index (κ2) is 4.40. The first-order valence-corrected chi connectivity index (χ1v) is 5.78. The summed E-state index contributed by atoms with van der Waals surface area (Å²) in [7, 11) is 0. The number of hydrogen-bond acceptors (Lipinski definition) is 4. The Kier molecular flexibility index (Phi) is 2.97. The van der Waals surface area contributed by atoms with Gasteiger partial charge < -0.3 is 5.73 Å². The first kappa shape index (κ1) is 10.1. The molecule has 2 aromatic rings. The maximum absolute atomic E-state index is 5.73. The molecular weight excluding hydrogens is 206 g/mol. The molecule has 2 heterocycles. The molecule has 0 aliphatic carbocycles. The van der Waals surface area contributed by atoms with Gasteiger partial charge in [0.1, 0.15) is 0 Å². The van der Waals surface area contributed by atoms with Crippen LogP contribution in [0.3, 0.4) is 0 Å². The molecule has 0 spiro atoms. The Hall–Kier alpha value is -1.42. The van der Waals surface area contributed by atoms with Crippen LogP contribution in [0.1, 0.15) is 18.2 Å². The quantitative estimate of drug-likeness (QED) is 0.863. The molecule has 78 valence electrons. The van der Waals surface area contributed by atoms with E-state index in [4.69, 9.17) is 5.73 Å². The topological polar surface area (TPSA) is 51.8 Å². The lowest BCUT2D eigenvalue weighted by Crippen LogP contribution is -1.86. The number of aryl methyl sites for hydroxylation is 1. The predicted molar refractivity (Wildman–Crippen MR) is 63.8 cm³/mol. The second-order valence-electron chi connectivity index (χ2n) is 3.32. The van der Waals surface area contributed by atoms with Crippen molar-refractivity contribution in [2.45, 2.75) is 19.8 Å². The van der Waals surface area contributed by atoms with Gasteiger partial charge in [0.25, 0.3) is 0 Å². The average molecular weight is 219 g/mol. The summed E-state index contributed by atoms with van der Waals surface area (Å²) in [4.78, 5) is 9.70. The SMILES string of the molecule is CCCc1sc(N)nc1-c1cccnc1. The molecule has 0 aliphatic heterocycles. The monoisotopic (exact) mass is 219 g/mol. The van der Waals surface area contributed by atoms with Gasteiger partial charge in [-0.05, 0) is 18.6 Å². The number of rotatable bonds is 3. The summed E-state index contributed by atoms with van der Waals surface area (Å²) in [5.41, 5.74) is 7.78. The van der Waals surface area contributed by atoms with E-state index in [2.05, 4.69) is 16.9 Å². The zero-order valence-electron chi connectivity index (χ0n) is 8.60. The second-order valence-corrected chi connectivity index (χ2v) is 4.43. The molecule has 3 nitrogen and oxygen atoms in total. The van der Waals surface area contributed by atoms with Gasteiger partial charge in [-0.25, -0.2) is 4.98 Å². The lowest BCUT2D eigenvalue weighted by molar-refractivity contribution is 0.938. The van der Waals surface area contributed by atoms with Gasteiger partial charge >= 0.3 is 0 Å². The highest BCUT2D eigenvalue weighted by Gasteiger charge is 2.10. The van der Waals surface area contributed by atoms with E-state index in [0.29, 0.717) is 5.13 Å². The zero-order chi connectivity index (χ0) is 10.7. The van der Waals surface area contributed by atoms with Crippen LogP contribution >= 0.6 is 11.3 Å². The number of anilines is 1. The highest BCUT2D eigenvalue weighted by Crippen LogP contribution is 2.29. The highest BCUT2D eigenvalue weighted by atomic mass is 32.1. The Morgan fingerprint density at radius 1 is 1.47 bits per heavy atom. The number of nitrogens with zero attached hydrogens (tertiary/aromatic N) is 2. The summed E-state index contributed by atoms with van der Waals surface area (Å²) in [6.45, 7) is 2.16. The van der Waals surface area contributed by atoms with Crippen LogP contribution in [0, 0.1) is 0 Å². The van der Waals surface area contributed by atoms with Crippen molar-refractivity contribution in [3.63, 3.8) is 0 Å². The van der Waals surface area contributed by atoms with Crippen molar-refractivity contribution >= 4 is 16.5 Å². The Balaban J connectivity index is 2.43. The van der Waals surface area contributed by atoms with E-state index in [9.17, 15) is 0 Å². The molecule has 0 fully saturated rings. The summed E-state index contributed by atoms with van der Waals surface area (Å²) < 4.78 is 0. The summed E-state index contributed by atoms with van der Waals surface area (Å²) in [6.07, 6.45) is 5.72. The van der Waals surface area contributed by atoms with Gasteiger partial charge in [-0.15, -0.1) is 11.3 Å². The molecule has 0 radical (unpaired) electrons. The molecule has 15 heavy (non-hydrogen) atoms. The molecule has 0 bridgehead atoms. The summed E-state index contributed by atoms with van der Waals surface area (Å²) in [5.74, 6) is 0. The molecule has 0 saturated carbocycles. The van der Waals surface area contributed by atoms with Crippen molar-refractivity contribution < 1.29 is 0 Å². The van der Waals surface area contributed by atoms with Crippen molar-refractivity contribution in [1.82, 2.24) is 9.97 Å². The summed E-state index contributed by atoms with van der Waals surface area (Å²) in [5, 5.41) is 0.636. The average Bonchev–Trinajstić information content (AvgIpc) is 2.62. The molecule has 2 N–H and O–H groups in total. The fourth-order valence-electron chi connectivity index (χ4n) is 1.49. The maximum Gasteiger partial charge on any atom is 0.180 e. The zero-order valence-corrected chi connectivity index (χ0v) is 9.42.